The average molecular weight is 346 g/mol. The molecule has 0 aliphatic rings. The smallest absolute Gasteiger partial charge is 0.303 e. The highest BCUT2D eigenvalue weighted by Gasteiger charge is 2.21. The normalized spacial score (nSPS) is 11.3. The molecule has 0 saturated heterocycles. The number of rotatable bonds is 8. The summed E-state index contributed by atoms with van der Waals surface area (Å²) in [5, 5.41) is 21.7. The molecule has 134 valence electrons. The minimum Gasteiger partial charge on any atom is -0.481 e. The van der Waals surface area contributed by atoms with Gasteiger partial charge in [-0.25, -0.2) is 0 Å². The second-order valence-corrected chi connectivity index (χ2v) is 6.45. The van der Waals surface area contributed by atoms with Crippen LogP contribution in [0.2, 0.25) is 0 Å². The lowest BCUT2D eigenvalue weighted by Gasteiger charge is -2.25. The maximum Gasteiger partial charge on any atom is 0.303 e. The van der Waals surface area contributed by atoms with Crippen LogP contribution < -0.4 is 10.6 Å². The molecule has 0 bridgehead atoms. The SMILES string of the molecule is CC(C)(CCC(=O)O)NC(=O)CCNC(=O)c1n[nH]c2ccccc12. The van der Waals surface area contributed by atoms with Crippen LogP contribution in [-0.4, -0.2) is 45.2 Å². The second kappa shape index (κ2) is 7.78. The highest BCUT2D eigenvalue weighted by Crippen LogP contribution is 2.15. The summed E-state index contributed by atoms with van der Waals surface area (Å²) >= 11 is 0. The number of benzene rings is 1. The number of carbonyl (C=O) groups is 3. The maximum absolute atomic E-state index is 12.2. The Kier molecular flexibility index (Phi) is 5.74. The molecule has 0 aliphatic carbocycles. The van der Waals surface area contributed by atoms with Crippen molar-refractivity contribution in [2.24, 2.45) is 0 Å². The number of amides is 2. The lowest BCUT2D eigenvalue weighted by atomic mass is 9.98. The Labute approximate surface area is 145 Å². The van der Waals surface area contributed by atoms with Crippen molar-refractivity contribution in [3.8, 4) is 0 Å². The molecule has 0 spiro atoms. The number of aliphatic carboxylic acids is 1. The number of H-pyrrole nitrogens is 1. The van der Waals surface area contributed by atoms with Crippen LogP contribution in [0.15, 0.2) is 24.3 Å². The van der Waals surface area contributed by atoms with Crippen LogP contribution in [0.25, 0.3) is 10.9 Å². The molecule has 0 fully saturated rings. The molecular weight excluding hydrogens is 324 g/mol. The Morgan fingerprint density at radius 2 is 1.92 bits per heavy atom. The summed E-state index contributed by atoms with van der Waals surface area (Å²) in [6, 6.07) is 7.29. The third-order valence-corrected chi connectivity index (χ3v) is 3.76. The van der Waals surface area contributed by atoms with Crippen molar-refractivity contribution in [3.05, 3.63) is 30.0 Å². The van der Waals surface area contributed by atoms with Gasteiger partial charge in [-0.05, 0) is 26.3 Å². The molecule has 0 saturated carbocycles. The number of aromatic amines is 1. The minimum atomic E-state index is -0.902. The van der Waals surface area contributed by atoms with Gasteiger partial charge in [-0.15, -0.1) is 0 Å². The first-order valence-corrected chi connectivity index (χ1v) is 8.02. The van der Waals surface area contributed by atoms with E-state index in [1.165, 1.54) is 0 Å². The van der Waals surface area contributed by atoms with E-state index in [1.54, 1.807) is 19.9 Å². The van der Waals surface area contributed by atoms with Crippen LogP contribution in [0.1, 0.15) is 43.6 Å². The summed E-state index contributed by atoms with van der Waals surface area (Å²) in [5.74, 6) is -1.50. The van der Waals surface area contributed by atoms with Crippen LogP contribution in [0.4, 0.5) is 0 Å². The van der Waals surface area contributed by atoms with Gasteiger partial charge in [0, 0.05) is 30.3 Å². The first-order chi connectivity index (χ1) is 11.8. The molecule has 2 aromatic rings. The molecule has 1 aromatic carbocycles. The minimum absolute atomic E-state index is 0.0176. The first kappa shape index (κ1) is 18.4. The molecule has 8 nitrogen and oxygen atoms in total. The summed E-state index contributed by atoms with van der Waals surface area (Å²) in [6.07, 6.45) is 0.417. The van der Waals surface area contributed by atoms with Gasteiger partial charge in [0.15, 0.2) is 5.69 Å². The third-order valence-electron chi connectivity index (χ3n) is 3.76. The van der Waals surface area contributed by atoms with Crippen molar-refractivity contribution in [3.63, 3.8) is 0 Å². The summed E-state index contributed by atoms with van der Waals surface area (Å²) < 4.78 is 0. The zero-order valence-corrected chi connectivity index (χ0v) is 14.3. The van der Waals surface area contributed by atoms with Gasteiger partial charge >= 0.3 is 5.97 Å². The molecule has 0 unspecified atom stereocenters. The van der Waals surface area contributed by atoms with Gasteiger partial charge in [-0.1, -0.05) is 18.2 Å². The molecule has 2 amide bonds. The van der Waals surface area contributed by atoms with Crippen LogP contribution in [0.5, 0.6) is 0 Å². The first-order valence-electron chi connectivity index (χ1n) is 8.02. The summed E-state index contributed by atoms with van der Waals surface area (Å²) in [4.78, 5) is 34.7. The number of nitrogens with one attached hydrogen (secondary N) is 3. The van der Waals surface area contributed by atoms with Gasteiger partial charge in [0.25, 0.3) is 5.91 Å². The summed E-state index contributed by atoms with van der Waals surface area (Å²) in [7, 11) is 0. The average Bonchev–Trinajstić information content (AvgIpc) is 2.96. The Hall–Kier alpha value is -2.90. The lowest BCUT2D eigenvalue weighted by Crippen LogP contribution is -2.44. The van der Waals surface area contributed by atoms with Crippen molar-refractivity contribution in [1.82, 2.24) is 20.8 Å². The molecule has 0 aliphatic heterocycles. The highest BCUT2D eigenvalue weighted by molar-refractivity contribution is 6.04. The number of nitrogens with zero attached hydrogens (tertiary/aromatic N) is 1. The lowest BCUT2D eigenvalue weighted by molar-refractivity contribution is -0.137. The van der Waals surface area contributed by atoms with Crippen molar-refractivity contribution >= 4 is 28.7 Å². The van der Waals surface area contributed by atoms with Crippen molar-refractivity contribution in [1.29, 1.82) is 0 Å². The number of carboxylic acid groups (broad SMARTS) is 1. The number of carbonyl (C=O) groups excluding carboxylic acids is 2. The van der Waals surface area contributed by atoms with Gasteiger partial charge in [0.05, 0.1) is 5.52 Å². The van der Waals surface area contributed by atoms with Gasteiger partial charge in [0.1, 0.15) is 0 Å². The van der Waals surface area contributed by atoms with Gasteiger partial charge < -0.3 is 15.7 Å². The van der Waals surface area contributed by atoms with Crippen molar-refractivity contribution < 1.29 is 19.5 Å². The van der Waals surface area contributed by atoms with E-state index in [0.29, 0.717) is 6.42 Å². The highest BCUT2D eigenvalue weighted by atomic mass is 16.4. The maximum atomic E-state index is 12.2. The topological polar surface area (TPSA) is 124 Å². The predicted molar refractivity (Wildman–Crippen MR) is 92.1 cm³/mol. The monoisotopic (exact) mass is 346 g/mol. The van der Waals surface area contributed by atoms with E-state index in [-0.39, 0.29) is 36.9 Å². The van der Waals surface area contributed by atoms with Crippen LogP contribution >= 0.6 is 0 Å². The predicted octanol–water partition coefficient (Wildman–Crippen LogP) is 1.44. The molecule has 1 aromatic heterocycles. The number of hydrogen-bond donors (Lipinski definition) is 4. The van der Waals surface area contributed by atoms with Gasteiger partial charge in [-0.2, -0.15) is 5.10 Å². The zero-order valence-electron chi connectivity index (χ0n) is 14.3. The van der Waals surface area contributed by atoms with Crippen LogP contribution in [-0.2, 0) is 9.59 Å². The van der Waals surface area contributed by atoms with E-state index < -0.39 is 11.5 Å². The van der Waals surface area contributed by atoms with Crippen LogP contribution in [0.3, 0.4) is 0 Å². The summed E-state index contributed by atoms with van der Waals surface area (Å²) in [5.41, 5.74) is 0.445. The number of fused-ring (bicyclic) bond motifs is 1. The number of aromatic nitrogens is 2. The molecule has 1 heterocycles. The number of carboxylic acids is 1. The summed E-state index contributed by atoms with van der Waals surface area (Å²) in [6.45, 7) is 3.70. The zero-order chi connectivity index (χ0) is 18.4. The third kappa shape index (κ3) is 5.30. The Morgan fingerprint density at radius 1 is 1.20 bits per heavy atom. The Morgan fingerprint density at radius 3 is 2.64 bits per heavy atom. The van der Waals surface area contributed by atoms with E-state index in [4.69, 9.17) is 5.11 Å². The van der Waals surface area contributed by atoms with E-state index in [1.807, 2.05) is 18.2 Å². The molecule has 25 heavy (non-hydrogen) atoms. The fourth-order valence-corrected chi connectivity index (χ4v) is 2.43. The molecular formula is C17H22N4O4. The van der Waals surface area contributed by atoms with Gasteiger partial charge in [0.2, 0.25) is 5.91 Å². The Bertz CT molecular complexity index is 782. The van der Waals surface area contributed by atoms with E-state index in [2.05, 4.69) is 20.8 Å². The quantitative estimate of drug-likeness (QED) is 0.576. The van der Waals surface area contributed by atoms with E-state index >= 15 is 0 Å². The standard InChI is InChI=1S/C17H22N4O4/c1-17(2,9-7-14(23)24)19-13(22)8-10-18-16(25)15-11-5-3-4-6-12(11)20-21-15/h3-6H,7-10H2,1-2H3,(H,18,25)(H,19,22)(H,20,21)(H,23,24). The second-order valence-electron chi connectivity index (χ2n) is 6.45. The van der Waals surface area contributed by atoms with Crippen molar-refractivity contribution in [2.75, 3.05) is 6.54 Å². The van der Waals surface area contributed by atoms with Gasteiger partial charge in [-0.3, -0.25) is 19.5 Å². The Balaban J connectivity index is 1.81. The fourth-order valence-electron chi connectivity index (χ4n) is 2.43. The van der Waals surface area contributed by atoms with E-state index in [0.717, 1.165) is 10.9 Å². The number of para-hydroxylation sites is 1. The molecule has 0 atom stereocenters. The van der Waals surface area contributed by atoms with Crippen LogP contribution in [0, 0.1) is 0 Å². The number of hydrogen-bond acceptors (Lipinski definition) is 4. The molecule has 2 rings (SSSR count). The largest absolute Gasteiger partial charge is 0.481 e. The molecule has 0 radical (unpaired) electrons. The molecule has 4 N–H and O–H groups in total. The molecule has 8 heteroatoms. The van der Waals surface area contributed by atoms with Crippen molar-refractivity contribution in [2.45, 2.75) is 38.6 Å². The fraction of sp³-hybridized carbons (Fsp3) is 0.412. The van der Waals surface area contributed by atoms with E-state index in [9.17, 15) is 14.4 Å².